The van der Waals surface area contributed by atoms with Crippen LogP contribution in [0.15, 0.2) is 48.5 Å². The van der Waals surface area contributed by atoms with Crippen LogP contribution in [0.1, 0.15) is 41.5 Å². The molecule has 1 saturated heterocycles. The summed E-state index contributed by atoms with van der Waals surface area (Å²) in [5, 5.41) is 5.90. The smallest absolute Gasteiger partial charge is 0.255 e. The minimum atomic E-state index is -0.309. The van der Waals surface area contributed by atoms with E-state index in [4.69, 9.17) is 4.74 Å². The van der Waals surface area contributed by atoms with Gasteiger partial charge < -0.3 is 20.3 Å². The minimum absolute atomic E-state index is 0.155. The van der Waals surface area contributed by atoms with Crippen molar-refractivity contribution in [3.63, 3.8) is 0 Å². The van der Waals surface area contributed by atoms with Crippen molar-refractivity contribution in [3.8, 4) is 0 Å². The second kappa shape index (κ2) is 8.44. The molecule has 0 unspecified atom stereocenters. The number of carbonyl (C=O) groups is 2. The van der Waals surface area contributed by atoms with Crippen molar-refractivity contribution in [3.05, 3.63) is 59.7 Å². The summed E-state index contributed by atoms with van der Waals surface area (Å²) in [6, 6.07) is 14.4. The molecule has 0 bridgehead atoms. The first kappa shape index (κ1) is 19.9. The average molecular weight is 381 g/mol. The van der Waals surface area contributed by atoms with Gasteiger partial charge in [0.1, 0.15) is 0 Å². The van der Waals surface area contributed by atoms with Crippen molar-refractivity contribution in [2.24, 2.45) is 0 Å². The van der Waals surface area contributed by atoms with E-state index in [0.29, 0.717) is 24.3 Å². The van der Waals surface area contributed by atoms with Crippen molar-refractivity contribution in [1.29, 1.82) is 0 Å². The van der Waals surface area contributed by atoms with E-state index in [0.717, 1.165) is 24.5 Å². The van der Waals surface area contributed by atoms with Gasteiger partial charge in [-0.1, -0.05) is 12.1 Å². The molecule has 3 rings (SSSR count). The van der Waals surface area contributed by atoms with Crippen LogP contribution in [0.4, 0.5) is 11.4 Å². The van der Waals surface area contributed by atoms with E-state index in [-0.39, 0.29) is 17.4 Å². The monoisotopic (exact) mass is 381 g/mol. The molecule has 0 radical (unpaired) electrons. The molecule has 6 heteroatoms. The van der Waals surface area contributed by atoms with Crippen LogP contribution in [0.2, 0.25) is 0 Å². The number of para-hydroxylation sites is 2. The number of nitrogens with one attached hydrogen (secondary N) is 2. The molecular formula is C22H27N3O3. The second-order valence-electron chi connectivity index (χ2n) is 7.85. The number of ether oxygens (including phenoxy) is 1. The molecule has 1 aliphatic heterocycles. The Morgan fingerprint density at radius 2 is 1.46 bits per heavy atom. The maximum absolute atomic E-state index is 12.7. The number of hydrogen-bond acceptors (Lipinski definition) is 4. The fourth-order valence-corrected chi connectivity index (χ4v) is 3.04. The Morgan fingerprint density at radius 1 is 0.893 bits per heavy atom. The lowest BCUT2D eigenvalue weighted by atomic mass is 10.1. The molecule has 1 heterocycles. The Hall–Kier alpha value is -2.86. The molecule has 0 saturated carbocycles. The van der Waals surface area contributed by atoms with Crippen LogP contribution in [-0.4, -0.2) is 43.7 Å². The van der Waals surface area contributed by atoms with Gasteiger partial charge in [0.15, 0.2) is 0 Å². The van der Waals surface area contributed by atoms with Crippen LogP contribution < -0.4 is 15.5 Å². The van der Waals surface area contributed by atoms with Crippen LogP contribution in [0.25, 0.3) is 0 Å². The summed E-state index contributed by atoms with van der Waals surface area (Å²) in [7, 11) is 0. The molecule has 28 heavy (non-hydrogen) atoms. The Bertz CT molecular complexity index is 835. The van der Waals surface area contributed by atoms with Gasteiger partial charge in [-0.15, -0.1) is 0 Å². The van der Waals surface area contributed by atoms with Gasteiger partial charge in [0, 0.05) is 29.8 Å². The molecule has 2 aromatic rings. The number of rotatable bonds is 4. The normalized spacial score (nSPS) is 14.5. The number of benzene rings is 2. The highest BCUT2D eigenvalue weighted by Crippen LogP contribution is 2.26. The van der Waals surface area contributed by atoms with Gasteiger partial charge in [-0.05, 0) is 57.2 Å². The largest absolute Gasteiger partial charge is 0.378 e. The number of carbonyl (C=O) groups excluding carboxylic acids is 2. The van der Waals surface area contributed by atoms with Gasteiger partial charge >= 0.3 is 0 Å². The van der Waals surface area contributed by atoms with Crippen LogP contribution in [0.5, 0.6) is 0 Å². The van der Waals surface area contributed by atoms with Gasteiger partial charge in [-0.3, -0.25) is 9.59 Å². The maximum atomic E-state index is 12.7. The highest BCUT2D eigenvalue weighted by molar-refractivity contribution is 6.06. The Balaban J connectivity index is 1.71. The second-order valence-corrected chi connectivity index (χ2v) is 7.85. The Kier molecular flexibility index (Phi) is 5.99. The highest BCUT2D eigenvalue weighted by atomic mass is 16.5. The van der Waals surface area contributed by atoms with Crippen LogP contribution in [0.3, 0.4) is 0 Å². The number of hydrogen-bond donors (Lipinski definition) is 2. The van der Waals surface area contributed by atoms with Crippen molar-refractivity contribution in [2.75, 3.05) is 36.5 Å². The van der Waals surface area contributed by atoms with E-state index in [1.165, 1.54) is 0 Å². The molecule has 6 nitrogen and oxygen atoms in total. The molecule has 2 aromatic carbocycles. The van der Waals surface area contributed by atoms with E-state index in [1.807, 2.05) is 45.0 Å². The quantitative estimate of drug-likeness (QED) is 0.852. The maximum Gasteiger partial charge on any atom is 0.255 e. The molecule has 0 atom stereocenters. The van der Waals surface area contributed by atoms with Crippen LogP contribution in [-0.2, 0) is 4.74 Å². The molecular weight excluding hydrogens is 354 g/mol. The number of anilines is 2. The number of morpholine rings is 1. The lowest BCUT2D eigenvalue weighted by molar-refractivity contribution is 0.0918. The summed E-state index contributed by atoms with van der Waals surface area (Å²) < 4.78 is 5.41. The van der Waals surface area contributed by atoms with Gasteiger partial charge in [0.25, 0.3) is 11.8 Å². The standard InChI is InChI=1S/C22H27N3O3/c1-22(2,3)24-21(27)17-10-8-16(9-11-17)20(26)23-18-6-4-5-7-19(18)25-12-14-28-15-13-25/h4-11H,12-15H2,1-3H3,(H,23,26)(H,24,27). The Labute approximate surface area is 165 Å². The molecule has 2 amide bonds. The lowest BCUT2D eigenvalue weighted by Gasteiger charge is -2.30. The fraction of sp³-hybridized carbons (Fsp3) is 0.364. The zero-order valence-corrected chi connectivity index (χ0v) is 16.6. The molecule has 2 N–H and O–H groups in total. The fourth-order valence-electron chi connectivity index (χ4n) is 3.04. The first-order valence-electron chi connectivity index (χ1n) is 9.49. The van der Waals surface area contributed by atoms with Gasteiger partial charge in [-0.25, -0.2) is 0 Å². The van der Waals surface area contributed by atoms with Crippen molar-refractivity contribution in [1.82, 2.24) is 5.32 Å². The molecule has 0 aromatic heterocycles. The molecule has 1 fully saturated rings. The van der Waals surface area contributed by atoms with E-state index in [2.05, 4.69) is 15.5 Å². The summed E-state index contributed by atoms with van der Waals surface area (Å²) in [6.45, 7) is 8.74. The van der Waals surface area contributed by atoms with E-state index in [9.17, 15) is 9.59 Å². The molecule has 0 spiro atoms. The SMILES string of the molecule is CC(C)(C)NC(=O)c1ccc(C(=O)Nc2ccccc2N2CCOCC2)cc1. The summed E-state index contributed by atoms with van der Waals surface area (Å²) >= 11 is 0. The molecule has 148 valence electrons. The van der Waals surface area contributed by atoms with E-state index in [1.54, 1.807) is 24.3 Å². The zero-order chi connectivity index (χ0) is 20.1. The Morgan fingerprint density at radius 3 is 2.07 bits per heavy atom. The van der Waals surface area contributed by atoms with Crippen molar-refractivity contribution in [2.45, 2.75) is 26.3 Å². The lowest BCUT2D eigenvalue weighted by Crippen LogP contribution is -2.40. The predicted molar refractivity (Wildman–Crippen MR) is 111 cm³/mol. The van der Waals surface area contributed by atoms with Crippen molar-refractivity contribution < 1.29 is 14.3 Å². The van der Waals surface area contributed by atoms with E-state index < -0.39 is 0 Å². The van der Waals surface area contributed by atoms with Crippen molar-refractivity contribution >= 4 is 23.2 Å². The topological polar surface area (TPSA) is 70.7 Å². The first-order chi connectivity index (χ1) is 13.3. The third kappa shape index (κ3) is 5.10. The molecule has 1 aliphatic rings. The number of nitrogens with zero attached hydrogens (tertiary/aromatic N) is 1. The van der Waals surface area contributed by atoms with Gasteiger partial charge in [0.05, 0.1) is 24.6 Å². The van der Waals surface area contributed by atoms with E-state index >= 15 is 0 Å². The predicted octanol–water partition coefficient (Wildman–Crippen LogP) is 3.30. The van der Waals surface area contributed by atoms with Gasteiger partial charge in [0.2, 0.25) is 0 Å². The highest BCUT2D eigenvalue weighted by Gasteiger charge is 2.18. The summed E-state index contributed by atoms with van der Waals surface area (Å²) in [5.74, 6) is -0.361. The third-order valence-electron chi connectivity index (χ3n) is 4.40. The van der Waals surface area contributed by atoms with Crippen LogP contribution >= 0.6 is 0 Å². The number of amides is 2. The summed E-state index contributed by atoms with van der Waals surface area (Å²) in [6.07, 6.45) is 0. The average Bonchev–Trinajstić information content (AvgIpc) is 2.68. The first-order valence-corrected chi connectivity index (χ1v) is 9.49. The minimum Gasteiger partial charge on any atom is -0.378 e. The summed E-state index contributed by atoms with van der Waals surface area (Å²) in [4.78, 5) is 27.1. The van der Waals surface area contributed by atoms with Crippen LogP contribution in [0, 0.1) is 0 Å². The zero-order valence-electron chi connectivity index (χ0n) is 16.6. The summed E-state index contributed by atoms with van der Waals surface area (Å²) in [5.41, 5.74) is 2.48. The third-order valence-corrected chi connectivity index (χ3v) is 4.40. The van der Waals surface area contributed by atoms with Gasteiger partial charge in [-0.2, -0.15) is 0 Å². The molecule has 0 aliphatic carbocycles.